The van der Waals surface area contributed by atoms with Gasteiger partial charge in [0.25, 0.3) is 0 Å². The van der Waals surface area contributed by atoms with E-state index in [1.165, 1.54) is 33.2 Å². The molecule has 0 spiro atoms. The van der Waals surface area contributed by atoms with Crippen LogP contribution in [0.1, 0.15) is 19.4 Å². The van der Waals surface area contributed by atoms with E-state index in [9.17, 15) is 0 Å². The van der Waals surface area contributed by atoms with Gasteiger partial charge >= 0.3 is 0 Å². The number of benzene rings is 2. The van der Waals surface area contributed by atoms with Crippen molar-refractivity contribution in [3.8, 4) is 11.3 Å². The lowest BCUT2D eigenvalue weighted by Crippen LogP contribution is -2.52. The Kier molecular flexibility index (Phi) is 1.93. The Labute approximate surface area is 130 Å². The molecule has 1 heteroatoms. The lowest BCUT2D eigenvalue weighted by atomic mass is 9.83. The first-order chi connectivity index (χ1) is 10.6. The summed E-state index contributed by atoms with van der Waals surface area (Å²) in [5.41, 5.74) is 5.43. The predicted molar refractivity (Wildman–Crippen MR) is 89.7 cm³/mol. The Hall–Kier alpha value is -2.41. The fraction of sp³-hybridized carbons (Fsp3) is 0.190. The van der Waals surface area contributed by atoms with Gasteiger partial charge in [0.2, 0.25) is 11.2 Å². The van der Waals surface area contributed by atoms with E-state index in [-0.39, 0.29) is 11.0 Å². The third-order valence-corrected chi connectivity index (χ3v) is 6.16. The van der Waals surface area contributed by atoms with Crippen molar-refractivity contribution in [3.05, 3.63) is 78.5 Å². The summed E-state index contributed by atoms with van der Waals surface area (Å²) in [5, 5.41) is 2.61. The van der Waals surface area contributed by atoms with E-state index in [4.69, 9.17) is 0 Å². The Balaban J connectivity index is 2.02. The third kappa shape index (κ3) is 1.06. The molecule has 5 rings (SSSR count). The molecule has 2 aliphatic rings. The van der Waals surface area contributed by atoms with E-state index in [0.29, 0.717) is 0 Å². The van der Waals surface area contributed by atoms with E-state index in [1.807, 2.05) is 0 Å². The van der Waals surface area contributed by atoms with Crippen LogP contribution >= 0.6 is 0 Å². The molecule has 2 aromatic carbocycles. The number of nitrogens with zero attached hydrogens (tertiary/aromatic N) is 1. The number of fused-ring (bicyclic) bond motifs is 8. The summed E-state index contributed by atoms with van der Waals surface area (Å²) in [6.45, 7) is 9.07. The van der Waals surface area contributed by atoms with Crippen LogP contribution in [0.4, 0.5) is 0 Å². The van der Waals surface area contributed by atoms with Crippen LogP contribution in [0, 0.1) is 0 Å². The van der Waals surface area contributed by atoms with Crippen LogP contribution in [0.3, 0.4) is 0 Å². The zero-order valence-electron chi connectivity index (χ0n) is 12.9. The van der Waals surface area contributed by atoms with Gasteiger partial charge < -0.3 is 0 Å². The second kappa shape index (κ2) is 3.49. The fourth-order valence-electron chi connectivity index (χ4n) is 4.56. The Morgan fingerprint density at radius 2 is 1.64 bits per heavy atom. The van der Waals surface area contributed by atoms with Gasteiger partial charge in [0.1, 0.15) is 0 Å². The molecule has 22 heavy (non-hydrogen) atoms. The van der Waals surface area contributed by atoms with Crippen molar-refractivity contribution < 1.29 is 4.57 Å². The minimum Gasteiger partial charge on any atom is -0.187 e. The molecule has 2 unspecified atom stereocenters. The topological polar surface area (TPSA) is 3.88 Å². The van der Waals surface area contributed by atoms with E-state index in [1.54, 1.807) is 0 Å². The fourth-order valence-corrected chi connectivity index (χ4v) is 4.56. The van der Waals surface area contributed by atoms with Gasteiger partial charge in [0.05, 0.1) is 16.4 Å². The van der Waals surface area contributed by atoms with Crippen molar-refractivity contribution in [2.24, 2.45) is 0 Å². The van der Waals surface area contributed by atoms with Crippen LogP contribution < -0.4 is 4.57 Å². The van der Waals surface area contributed by atoms with Crippen molar-refractivity contribution in [2.45, 2.75) is 24.8 Å². The first kappa shape index (κ1) is 12.2. The highest BCUT2D eigenvalue weighted by Crippen LogP contribution is 2.67. The van der Waals surface area contributed by atoms with Crippen molar-refractivity contribution in [3.63, 3.8) is 0 Å². The molecule has 0 radical (unpaired) electrons. The highest BCUT2D eigenvalue weighted by Gasteiger charge is 2.77. The summed E-state index contributed by atoms with van der Waals surface area (Å²) in [6, 6.07) is 19.7. The number of aromatic nitrogens is 1. The van der Waals surface area contributed by atoms with Gasteiger partial charge in [-0.25, -0.2) is 0 Å². The maximum Gasteiger partial charge on any atom is 0.221 e. The molecule has 2 heterocycles. The number of hydrogen-bond donors (Lipinski definition) is 0. The van der Waals surface area contributed by atoms with Crippen LogP contribution in [-0.2, 0) is 11.0 Å². The van der Waals surface area contributed by atoms with Crippen LogP contribution in [0.2, 0.25) is 0 Å². The highest BCUT2D eigenvalue weighted by molar-refractivity contribution is 5.95. The highest BCUT2D eigenvalue weighted by atomic mass is 15.2. The maximum atomic E-state index is 4.41. The first-order valence-corrected chi connectivity index (χ1v) is 7.84. The van der Waals surface area contributed by atoms with E-state index in [0.717, 1.165) is 0 Å². The van der Waals surface area contributed by atoms with Gasteiger partial charge in [-0.3, -0.25) is 0 Å². The summed E-state index contributed by atoms with van der Waals surface area (Å²) in [7, 11) is 0. The average Bonchev–Trinajstić information content (AvgIpc) is 3.03. The van der Waals surface area contributed by atoms with Crippen molar-refractivity contribution in [1.29, 1.82) is 0 Å². The average molecular weight is 284 g/mol. The number of pyridine rings is 1. The van der Waals surface area contributed by atoms with E-state index in [2.05, 4.69) is 85.8 Å². The van der Waals surface area contributed by atoms with Gasteiger partial charge in [0.15, 0.2) is 6.20 Å². The van der Waals surface area contributed by atoms with Gasteiger partial charge in [0, 0.05) is 18.6 Å². The molecule has 1 aromatic heterocycles. The monoisotopic (exact) mass is 284 g/mol. The molecule has 0 saturated heterocycles. The smallest absolute Gasteiger partial charge is 0.187 e. The van der Waals surface area contributed by atoms with Crippen molar-refractivity contribution in [1.82, 2.24) is 0 Å². The van der Waals surface area contributed by atoms with Gasteiger partial charge in [-0.05, 0) is 30.0 Å². The van der Waals surface area contributed by atoms with Gasteiger partial charge in [-0.2, -0.15) is 4.57 Å². The minimum absolute atomic E-state index is 0.0132. The molecule has 0 bridgehead atoms. The molecule has 1 aliphatic heterocycles. The normalized spacial score (nSPS) is 28.0. The maximum absolute atomic E-state index is 4.41. The Morgan fingerprint density at radius 1 is 0.909 bits per heavy atom. The molecular formula is C21H18N+. The molecule has 2 atom stereocenters. The Bertz CT molecular complexity index is 984. The van der Waals surface area contributed by atoms with Crippen molar-refractivity contribution in [2.75, 3.05) is 0 Å². The molecule has 1 fully saturated rings. The molecule has 1 nitrogen and oxygen atoms in total. The standard InChI is InChI=1S/C21H18N/c1-14-20(2)18-11-7-6-10-17(18)19-16-9-5-4-8-15(16)12-13-22(19)21(14,20)3/h4-13H,1H2,2-3H3/q+1. The molecule has 1 aliphatic carbocycles. The molecule has 106 valence electrons. The van der Waals surface area contributed by atoms with Gasteiger partial charge in [-0.15, -0.1) is 0 Å². The van der Waals surface area contributed by atoms with Crippen LogP contribution in [0.15, 0.2) is 72.9 Å². The van der Waals surface area contributed by atoms with Crippen molar-refractivity contribution >= 4 is 10.8 Å². The number of hydrogen-bond acceptors (Lipinski definition) is 0. The largest absolute Gasteiger partial charge is 0.221 e. The predicted octanol–water partition coefficient (Wildman–Crippen LogP) is 4.35. The van der Waals surface area contributed by atoms with E-state index >= 15 is 0 Å². The van der Waals surface area contributed by atoms with Crippen LogP contribution in [-0.4, -0.2) is 0 Å². The Morgan fingerprint density at radius 3 is 2.50 bits per heavy atom. The summed E-state index contributed by atoms with van der Waals surface area (Å²) in [4.78, 5) is 0. The summed E-state index contributed by atoms with van der Waals surface area (Å²) in [5.74, 6) is 0. The SMILES string of the molecule is C=C1C2(C)c3ccccc3-c3c4ccccc4cc[n+]3C12C. The molecular weight excluding hydrogens is 266 g/mol. The zero-order valence-corrected chi connectivity index (χ0v) is 12.9. The number of rotatable bonds is 0. The lowest BCUT2D eigenvalue weighted by Gasteiger charge is -2.25. The second-order valence-electron chi connectivity index (χ2n) is 6.84. The second-order valence-corrected chi connectivity index (χ2v) is 6.84. The van der Waals surface area contributed by atoms with Gasteiger partial charge in [-0.1, -0.05) is 43.0 Å². The number of allylic oxidation sites excluding steroid dienone is 1. The van der Waals surface area contributed by atoms with Crippen LogP contribution in [0.25, 0.3) is 22.0 Å². The third-order valence-electron chi connectivity index (χ3n) is 6.16. The molecule has 0 amide bonds. The van der Waals surface area contributed by atoms with E-state index < -0.39 is 0 Å². The molecule has 1 saturated carbocycles. The first-order valence-electron chi connectivity index (χ1n) is 7.84. The summed E-state index contributed by atoms with van der Waals surface area (Å²) >= 11 is 0. The van der Waals surface area contributed by atoms with Crippen LogP contribution in [0.5, 0.6) is 0 Å². The summed E-state index contributed by atoms with van der Waals surface area (Å²) < 4.78 is 2.44. The zero-order chi connectivity index (χ0) is 15.1. The summed E-state index contributed by atoms with van der Waals surface area (Å²) in [6.07, 6.45) is 2.24. The molecule has 0 N–H and O–H groups in total. The quantitative estimate of drug-likeness (QED) is 0.427. The molecule has 3 aromatic rings. The lowest BCUT2D eigenvalue weighted by molar-refractivity contribution is -0.726. The minimum atomic E-state index is -0.0132.